The summed E-state index contributed by atoms with van der Waals surface area (Å²) in [6.07, 6.45) is 19.6. The molecule has 1 aliphatic carbocycles. The number of allylic oxidation sites excluding steroid dienone is 4. The summed E-state index contributed by atoms with van der Waals surface area (Å²) in [6, 6.07) is 11.9. The molecule has 0 amide bonds. The van der Waals surface area contributed by atoms with Gasteiger partial charge in [-0.15, -0.1) is 0 Å². The van der Waals surface area contributed by atoms with Gasteiger partial charge in [0.1, 0.15) is 5.82 Å². The fourth-order valence-corrected chi connectivity index (χ4v) is 6.54. The topological polar surface area (TPSA) is 43.4 Å². The number of para-hydroxylation sites is 1. The van der Waals surface area contributed by atoms with Crippen molar-refractivity contribution in [3.05, 3.63) is 108 Å². The van der Waals surface area contributed by atoms with E-state index in [0.29, 0.717) is 10.4 Å². The first-order valence-corrected chi connectivity index (χ1v) is 19.0. The summed E-state index contributed by atoms with van der Waals surface area (Å²) >= 11 is 5.94. The third-order valence-corrected chi connectivity index (χ3v) is 9.38. The number of anilines is 2. The number of hydrogen-bond donors (Lipinski definition) is 2. The molecule has 1 atom stereocenters. The van der Waals surface area contributed by atoms with Gasteiger partial charge >= 0.3 is 0 Å². The van der Waals surface area contributed by atoms with Crippen LogP contribution in [0.25, 0.3) is 5.70 Å². The lowest BCUT2D eigenvalue weighted by atomic mass is 9.89. The fraction of sp³-hybridized carbons (Fsp3) is 0.512. The van der Waals surface area contributed by atoms with Gasteiger partial charge in [0, 0.05) is 67.3 Å². The zero-order chi connectivity index (χ0) is 35.8. The molecule has 2 aliphatic heterocycles. The van der Waals surface area contributed by atoms with Gasteiger partial charge in [0.05, 0.1) is 5.02 Å². The largest absolute Gasteiger partial charge is 0.380 e. The molecule has 0 saturated carbocycles. The second-order valence-corrected chi connectivity index (χ2v) is 15.3. The number of rotatable bonds is 9. The van der Waals surface area contributed by atoms with Crippen molar-refractivity contribution in [2.75, 3.05) is 43.4 Å². The van der Waals surface area contributed by atoms with Gasteiger partial charge in [-0.25, -0.2) is 4.98 Å². The van der Waals surface area contributed by atoms with Crippen molar-refractivity contribution in [2.24, 2.45) is 17.3 Å². The van der Waals surface area contributed by atoms with Crippen LogP contribution in [0.1, 0.15) is 99.0 Å². The summed E-state index contributed by atoms with van der Waals surface area (Å²) in [5, 5.41) is 7.49. The predicted molar refractivity (Wildman–Crippen MR) is 216 cm³/mol. The second-order valence-electron chi connectivity index (χ2n) is 14.9. The Hall–Kier alpha value is -3.44. The van der Waals surface area contributed by atoms with Gasteiger partial charge in [0.2, 0.25) is 0 Å². The van der Waals surface area contributed by atoms with Gasteiger partial charge in [-0.05, 0) is 85.6 Å². The Bertz CT molecular complexity index is 1410. The SMILES string of the molecule is C=C(CC(C)(C)C)N1CCC(C)CC1.C=C(Nc1ccc(Cl)cn1)c1ccccc1NCC1=CCC=C(N2CCCC[C@H](C)C2)C=C1.CC. The number of nitrogens with one attached hydrogen (secondary N) is 2. The molecule has 2 aromatic rings. The molecule has 6 heteroatoms. The van der Waals surface area contributed by atoms with Crippen LogP contribution in [0.3, 0.4) is 0 Å². The highest BCUT2D eigenvalue weighted by Crippen LogP contribution is 2.29. The quantitative estimate of drug-likeness (QED) is 0.275. The van der Waals surface area contributed by atoms with E-state index in [4.69, 9.17) is 11.6 Å². The molecule has 0 unspecified atom stereocenters. The number of halogens is 1. The molecule has 2 saturated heterocycles. The van der Waals surface area contributed by atoms with E-state index in [-0.39, 0.29) is 0 Å². The first kappa shape index (κ1) is 40.0. The van der Waals surface area contributed by atoms with Crippen LogP contribution >= 0.6 is 11.6 Å². The van der Waals surface area contributed by atoms with Crippen molar-refractivity contribution in [1.82, 2.24) is 14.8 Å². The van der Waals surface area contributed by atoms with Crippen molar-refractivity contribution in [3.63, 3.8) is 0 Å². The van der Waals surface area contributed by atoms with Crippen molar-refractivity contribution < 1.29 is 0 Å². The first-order chi connectivity index (χ1) is 23.5. The minimum Gasteiger partial charge on any atom is -0.380 e. The molecule has 268 valence electrons. The van der Waals surface area contributed by atoms with Crippen LogP contribution in [0.15, 0.2) is 97.0 Å². The normalized spacial score (nSPS) is 18.3. The summed E-state index contributed by atoms with van der Waals surface area (Å²) in [7, 11) is 0. The molecule has 2 fully saturated rings. The average Bonchev–Trinajstić information content (AvgIpc) is 3.46. The standard InChI is InChI=1S/C28H33ClN4.C13H25N.C2H6/c1-21-8-5-6-17-33(20-21)25-10-7-9-23(13-15-25)18-30-27-12-4-3-11-26(27)22(2)32-28-16-14-24(29)19-31-28;1-11-6-8-14(9-7-11)12(2)10-13(3,4)5;1-2/h3-4,9-16,19,21,30H,2,5-8,17-18,20H2,1H3,(H,31,32);11H,2,6-10H2,1,3-5H3;1-2H3/t21-;;/m0../s1. The summed E-state index contributed by atoms with van der Waals surface area (Å²) in [5.74, 6) is 2.39. The highest BCUT2D eigenvalue weighted by atomic mass is 35.5. The third-order valence-electron chi connectivity index (χ3n) is 9.15. The summed E-state index contributed by atoms with van der Waals surface area (Å²) in [5.41, 5.74) is 7.21. The minimum atomic E-state index is 0.375. The Morgan fingerprint density at radius 3 is 2.35 bits per heavy atom. The molecule has 0 bridgehead atoms. The summed E-state index contributed by atoms with van der Waals surface area (Å²) in [6.45, 7) is 29.5. The van der Waals surface area contributed by atoms with Gasteiger partial charge in [-0.3, -0.25) is 0 Å². The molecular formula is C43H64ClN5. The Morgan fingerprint density at radius 1 is 0.918 bits per heavy atom. The van der Waals surface area contributed by atoms with E-state index in [1.807, 2.05) is 38.1 Å². The molecule has 0 radical (unpaired) electrons. The number of aromatic nitrogens is 1. The van der Waals surface area contributed by atoms with Crippen LogP contribution in [0, 0.1) is 17.3 Å². The number of pyridine rings is 1. The fourth-order valence-electron chi connectivity index (χ4n) is 6.43. The molecule has 49 heavy (non-hydrogen) atoms. The van der Waals surface area contributed by atoms with E-state index in [9.17, 15) is 0 Å². The summed E-state index contributed by atoms with van der Waals surface area (Å²) in [4.78, 5) is 9.35. The smallest absolute Gasteiger partial charge is 0.130 e. The maximum Gasteiger partial charge on any atom is 0.130 e. The Kier molecular flexibility index (Phi) is 16.6. The highest BCUT2D eigenvalue weighted by Gasteiger charge is 2.20. The number of likely N-dealkylation sites (tertiary alicyclic amines) is 2. The Labute approximate surface area is 304 Å². The van der Waals surface area contributed by atoms with Gasteiger partial charge in [-0.1, -0.05) is 116 Å². The maximum atomic E-state index is 5.94. The van der Waals surface area contributed by atoms with Crippen LogP contribution < -0.4 is 10.6 Å². The predicted octanol–water partition coefficient (Wildman–Crippen LogP) is 11.8. The first-order valence-electron chi connectivity index (χ1n) is 18.6. The molecule has 5 rings (SSSR count). The van der Waals surface area contributed by atoms with E-state index in [2.05, 4.69) is 110 Å². The Balaban J connectivity index is 0.000000341. The monoisotopic (exact) mass is 685 g/mol. The van der Waals surface area contributed by atoms with E-state index in [0.717, 1.165) is 60.5 Å². The van der Waals surface area contributed by atoms with Gasteiger partial charge in [-0.2, -0.15) is 0 Å². The van der Waals surface area contributed by atoms with Gasteiger partial charge < -0.3 is 20.4 Å². The van der Waals surface area contributed by atoms with Crippen LogP contribution in [0.4, 0.5) is 11.5 Å². The highest BCUT2D eigenvalue weighted by molar-refractivity contribution is 6.30. The molecular weight excluding hydrogens is 622 g/mol. The van der Waals surface area contributed by atoms with Crippen molar-refractivity contribution in [2.45, 2.75) is 93.4 Å². The lowest BCUT2D eigenvalue weighted by Gasteiger charge is -2.35. The molecule has 1 aromatic carbocycles. The molecule has 3 heterocycles. The molecule has 5 nitrogen and oxygen atoms in total. The van der Waals surface area contributed by atoms with Gasteiger partial charge in [0.25, 0.3) is 0 Å². The second kappa shape index (κ2) is 20.3. The van der Waals surface area contributed by atoms with Crippen molar-refractivity contribution in [3.8, 4) is 0 Å². The van der Waals surface area contributed by atoms with E-state index in [1.54, 1.807) is 6.20 Å². The summed E-state index contributed by atoms with van der Waals surface area (Å²) < 4.78 is 0. The van der Waals surface area contributed by atoms with E-state index < -0.39 is 0 Å². The van der Waals surface area contributed by atoms with Gasteiger partial charge in [0.15, 0.2) is 0 Å². The van der Waals surface area contributed by atoms with Crippen LogP contribution in [-0.4, -0.2) is 47.5 Å². The molecule has 0 spiro atoms. The zero-order valence-corrected chi connectivity index (χ0v) is 32.4. The molecule has 2 N–H and O–H groups in total. The number of nitrogens with zero attached hydrogens (tertiary/aromatic N) is 3. The molecule has 1 aromatic heterocycles. The van der Waals surface area contributed by atoms with Crippen LogP contribution in [-0.2, 0) is 0 Å². The number of hydrogen-bond acceptors (Lipinski definition) is 5. The van der Waals surface area contributed by atoms with E-state index >= 15 is 0 Å². The minimum absolute atomic E-state index is 0.375. The van der Waals surface area contributed by atoms with E-state index in [1.165, 1.54) is 68.7 Å². The zero-order valence-electron chi connectivity index (χ0n) is 31.6. The van der Waals surface area contributed by atoms with Crippen molar-refractivity contribution in [1.29, 1.82) is 0 Å². The Morgan fingerprint density at radius 2 is 1.65 bits per heavy atom. The number of benzene rings is 1. The number of piperidine rings is 1. The van der Waals surface area contributed by atoms with Crippen molar-refractivity contribution >= 4 is 28.8 Å². The molecule has 3 aliphatic rings. The average molecular weight is 686 g/mol. The third kappa shape index (κ3) is 14.1. The lowest BCUT2D eigenvalue weighted by Crippen LogP contribution is -2.33. The maximum absolute atomic E-state index is 5.94. The van der Waals surface area contributed by atoms with Crippen LogP contribution in [0.2, 0.25) is 5.02 Å². The van der Waals surface area contributed by atoms with Crippen LogP contribution in [0.5, 0.6) is 0 Å². The lowest BCUT2D eigenvalue weighted by molar-refractivity contribution is 0.216.